The molecule has 0 heterocycles. The molecule has 0 N–H and O–H groups in total. The van der Waals surface area contributed by atoms with Crippen molar-refractivity contribution in [3.63, 3.8) is 0 Å². The molecule has 7 heavy (non-hydrogen) atoms. The van der Waals surface area contributed by atoms with E-state index in [-0.39, 0.29) is 68.6 Å². The number of rotatable bonds is 0. The smallest absolute Gasteiger partial charge is 2.00 e. The van der Waals surface area contributed by atoms with E-state index in [1.165, 1.54) is 0 Å². The minimum atomic E-state index is 0. The van der Waals surface area contributed by atoms with Crippen molar-refractivity contribution in [3.05, 3.63) is 0 Å². The van der Waals surface area contributed by atoms with E-state index in [9.17, 15) is 0 Å². The van der Waals surface area contributed by atoms with Gasteiger partial charge in [0.15, 0.2) is 0 Å². The van der Waals surface area contributed by atoms with E-state index in [0.717, 1.165) is 0 Å². The summed E-state index contributed by atoms with van der Waals surface area (Å²) < 4.78 is 0. The van der Waals surface area contributed by atoms with E-state index in [2.05, 4.69) is 0 Å². The van der Waals surface area contributed by atoms with Crippen LogP contribution in [0.3, 0.4) is 0 Å². The van der Waals surface area contributed by atoms with E-state index in [4.69, 9.17) is 0 Å². The summed E-state index contributed by atoms with van der Waals surface area (Å²) in [5.41, 5.74) is 0. The number of hydrogen-bond donors (Lipinski definition) is 0. The summed E-state index contributed by atoms with van der Waals surface area (Å²) in [7, 11) is 0. The second-order valence-electron chi connectivity index (χ2n) is 0. The first-order valence-corrected chi connectivity index (χ1v) is 0. The first kappa shape index (κ1) is 320. The van der Waals surface area contributed by atoms with Crippen LogP contribution in [0.5, 0.6) is 0 Å². The third-order valence-electron chi connectivity index (χ3n) is 0. The molecule has 45 valence electrons. The topological polar surface area (TPSA) is 142 Å². The van der Waals surface area contributed by atoms with Crippen LogP contribution in [0, 0.1) is 0 Å². The van der Waals surface area contributed by atoms with Crippen molar-refractivity contribution in [2.75, 3.05) is 0 Å². The van der Waals surface area contributed by atoms with Crippen LogP contribution >= 0.6 is 0 Å². The Morgan fingerprint density at radius 1 is 0.429 bits per heavy atom. The van der Waals surface area contributed by atoms with E-state index >= 15 is 0 Å². The normalized spacial score (nSPS) is 0. The Bertz CT molecular complexity index is 8.04. The van der Waals surface area contributed by atoms with Gasteiger partial charge >= 0.3 is 41.2 Å². The molecule has 0 bridgehead atoms. The SMILES string of the molecule is [Ir+4].[O-2].[O-2].[O-2].[O-2].[O-2].[W+6]. The molecule has 1 radical (unpaired) electrons. The molecule has 0 aromatic heterocycles. The zero-order chi connectivity index (χ0) is 0. The summed E-state index contributed by atoms with van der Waals surface area (Å²) in [6.07, 6.45) is 0. The van der Waals surface area contributed by atoms with Crippen LogP contribution in [0.15, 0.2) is 0 Å². The van der Waals surface area contributed by atoms with Gasteiger partial charge in [0, 0.05) is 0 Å². The van der Waals surface area contributed by atoms with E-state index < -0.39 is 0 Å². The first-order valence-electron chi connectivity index (χ1n) is 0. The standard InChI is InChI=1S/Ir.5O.W/q+4;5*-2;+6. The largest absolute Gasteiger partial charge is 6.00 e. The fraction of sp³-hybridized carbons (Fsp3) is 0. The molecular formula is IrO5W. The van der Waals surface area contributed by atoms with Crippen LogP contribution in [0.25, 0.3) is 0 Å². The molecule has 7 heteroatoms. The van der Waals surface area contributed by atoms with Gasteiger partial charge in [0.05, 0.1) is 0 Å². The van der Waals surface area contributed by atoms with Crippen molar-refractivity contribution in [1.82, 2.24) is 0 Å². The molecule has 0 fully saturated rings. The molecule has 0 atom stereocenters. The Labute approximate surface area is 68.6 Å². The van der Waals surface area contributed by atoms with E-state index in [0.29, 0.717) is 0 Å². The van der Waals surface area contributed by atoms with Crippen molar-refractivity contribution in [2.45, 2.75) is 0 Å². The molecule has 0 saturated carbocycles. The summed E-state index contributed by atoms with van der Waals surface area (Å²) in [4.78, 5) is 0. The van der Waals surface area contributed by atoms with Crippen LogP contribution < -0.4 is 0 Å². The van der Waals surface area contributed by atoms with Crippen LogP contribution in [0.2, 0.25) is 0 Å². The maximum absolute atomic E-state index is 0. The molecule has 0 aromatic rings. The Morgan fingerprint density at radius 3 is 0.429 bits per heavy atom. The molecule has 0 amide bonds. The zero-order valence-corrected chi connectivity index (χ0v) is 8.11. The van der Waals surface area contributed by atoms with Gasteiger partial charge in [-0.3, -0.25) is 0 Å². The average molecular weight is 456 g/mol. The third-order valence-corrected chi connectivity index (χ3v) is 0. The fourth-order valence-corrected chi connectivity index (χ4v) is 0. The molecule has 0 aromatic carbocycles. The van der Waals surface area contributed by atoms with E-state index in [1.807, 2.05) is 0 Å². The molecule has 0 rings (SSSR count). The Morgan fingerprint density at radius 2 is 0.429 bits per heavy atom. The molecule has 0 aliphatic heterocycles. The van der Waals surface area contributed by atoms with E-state index in [1.54, 1.807) is 0 Å². The summed E-state index contributed by atoms with van der Waals surface area (Å²) in [5.74, 6) is 0. The van der Waals surface area contributed by atoms with Gasteiger partial charge in [-0.2, -0.15) is 0 Å². The van der Waals surface area contributed by atoms with Gasteiger partial charge in [-0.1, -0.05) is 0 Å². The van der Waals surface area contributed by atoms with Gasteiger partial charge < -0.3 is 27.4 Å². The minimum absolute atomic E-state index is 0. The molecule has 0 unspecified atom stereocenters. The predicted molar refractivity (Wildman–Crippen MR) is 3.43 cm³/mol. The van der Waals surface area contributed by atoms with Gasteiger partial charge in [-0.25, -0.2) is 0 Å². The van der Waals surface area contributed by atoms with Gasteiger partial charge in [-0.15, -0.1) is 0 Å². The van der Waals surface area contributed by atoms with Crippen LogP contribution in [0.1, 0.15) is 0 Å². The molecule has 0 saturated heterocycles. The fourth-order valence-electron chi connectivity index (χ4n) is 0. The number of hydrogen-bond acceptors (Lipinski definition) is 0. The summed E-state index contributed by atoms with van der Waals surface area (Å²) >= 11 is 0. The van der Waals surface area contributed by atoms with Gasteiger partial charge in [0.25, 0.3) is 0 Å². The Hall–Kier alpha value is 1.14. The molecule has 5 nitrogen and oxygen atoms in total. The average Bonchev–Trinajstić information content (AvgIpc) is 0. The zero-order valence-electron chi connectivity index (χ0n) is 2.78. The van der Waals surface area contributed by atoms with Crippen LogP contribution in [-0.4, -0.2) is 0 Å². The molecule has 0 spiro atoms. The second-order valence-corrected chi connectivity index (χ2v) is 0. The van der Waals surface area contributed by atoms with Crippen molar-refractivity contribution in [3.8, 4) is 0 Å². The van der Waals surface area contributed by atoms with Crippen molar-refractivity contribution in [2.24, 2.45) is 0 Å². The monoisotopic (exact) mass is 457 g/mol. The van der Waals surface area contributed by atoms with Crippen molar-refractivity contribution >= 4 is 0 Å². The Balaban J connectivity index is 0. The first-order chi connectivity index (χ1) is 0. The minimum Gasteiger partial charge on any atom is -2.00 e. The summed E-state index contributed by atoms with van der Waals surface area (Å²) in [5, 5.41) is 0. The predicted octanol–water partition coefficient (Wildman–Crippen LogP) is -0.599. The second kappa shape index (κ2) is 208. The van der Waals surface area contributed by atoms with Crippen LogP contribution in [0.4, 0.5) is 0 Å². The third kappa shape index (κ3) is 146. The summed E-state index contributed by atoms with van der Waals surface area (Å²) in [6, 6.07) is 0. The molecule has 0 aliphatic rings. The quantitative estimate of drug-likeness (QED) is 0.459. The van der Waals surface area contributed by atoms with Gasteiger partial charge in [0.2, 0.25) is 0 Å². The van der Waals surface area contributed by atoms with Crippen LogP contribution in [-0.2, 0) is 68.6 Å². The summed E-state index contributed by atoms with van der Waals surface area (Å²) in [6.45, 7) is 0. The maximum atomic E-state index is 0. The van der Waals surface area contributed by atoms with Crippen molar-refractivity contribution in [1.29, 1.82) is 0 Å². The molecule has 0 aliphatic carbocycles. The van der Waals surface area contributed by atoms with Crippen molar-refractivity contribution < 1.29 is 68.6 Å². The Kier molecular flexibility index (Phi) is 9510. The van der Waals surface area contributed by atoms with Gasteiger partial charge in [-0.05, 0) is 0 Å². The molecular weight excluding hydrogens is 456 g/mol. The maximum Gasteiger partial charge on any atom is 6.00 e. The van der Waals surface area contributed by atoms with Gasteiger partial charge in [0.1, 0.15) is 0 Å².